The fourth-order valence-electron chi connectivity index (χ4n) is 1.63. The van der Waals surface area contributed by atoms with Crippen molar-refractivity contribution in [2.45, 2.75) is 11.5 Å². The van der Waals surface area contributed by atoms with Crippen molar-refractivity contribution < 1.29 is 18.1 Å². The van der Waals surface area contributed by atoms with E-state index in [-0.39, 0.29) is 18.0 Å². The third kappa shape index (κ3) is 3.35. The Bertz CT molecular complexity index is 784. The van der Waals surface area contributed by atoms with Crippen molar-refractivity contribution in [1.29, 1.82) is 0 Å². The van der Waals surface area contributed by atoms with Gasteiger partial charge in [-0.25, -0.2) is 18.5 Å². The van der Waals surface area contributed by atoms with E-state index in [1.165, 1.54) is 6.07 Å². The molecule has 21 heavy (non-hydrogen) atoms. The van der Waals surface area contributed by atoms with E-state index in [0.717, 1.165) is 12.1 Å². The van der Waals surface area contributed by atoms with Gasteiger partial charge in [-0.15, -0.1) is 0 Å². The summed E-state index contributed by atoms with van der Waals surface area (Å²) in [7, 11) is -2.40. The van der Waals surface area contributed by atoms with Crippen molar-refractivity contribution >= 4 is 15.7 Å². The van der Waals surface area contributed by atoms with Gasteiger partial charge in [0, 0.05) is 31.6 Å². The smallest absolute Gasteiger partial charge is 0.271 e. The van der Waals surface area contributed by atoms with Gasteiger partial charge in [0.25, 0.3) is 5.69 Å². The van der Waals surface area contributed by atoms with Crippen LogP contribution in [0.1, 0.15) is 5.82 Å². The molecule has 0 spiro atoms. The maximum Gasteiger partial charge on any atom is 0.271 e. The number of nitro benzene ring substituents is 1. The molecular weight excluding hydrogens is 300 g/mol. The Labute approximate surface area is 120 Å². The van der Waals surface area contributed by atoms with Crippen molar-refractivity contribution in [2.75, 3.05) is 0 Å². The van der Waals surface area contributed by atoms with Gasteiger partial charge in [0.15, 0.2) is 0 Å². The molecular formula is C11H12N4O5S. The number of hydrogen-bond donors (Lipinski definition) is 1. The second-order valence-electron chi connectivity index (χ2n) is 4.18. The predicted molar refractivity (Wildman–Crippen MR) is 72.0 cm³/mol. The molecule has 0 radical (unpaired) electrons. The number of imidazole rings is 1. The van der Waals surface area contributed by atoms with Crippen molar-refractivity contribution in [1.82, 2.24) is 9.55 Å². The van der Waals surface area contributed by atoms with Crippen LogP contribution in [0.5, 0.6) is 5.75 Å². The van der Waals surface area contributed by atoms with Gasteiger partial charge >= 0.3 is 0 Å². The number of aromatic nitrogens is 2. The molecule has 0 saturated carbocycles. The molecule has 0 aliphatic rings. The van der Waals surface area contributed by atoms with Gasteiger partial charge in [0.05, 0.1) is 4.92 Å². The van der Waals surface area contributed by atoms with E-state index in [1.54, 1.807) is 24.0 Å². The lowest BCUT2D eigenvalue weighted by molar-refractivity contribution is -0.385. The molecule has 1 aromatic carbocycles. The van der Waals surface area contributed by atoms with Gasteiger partial charge in [0.2, 0.25) is 10.0 Å². The average molecular weight is 312 g/mol. The summed E-state index contributed by atoms with van der Waals surface area (Å²) in [5.74, 6) is 0.500. The summed E-state index contributed by atoms with van der Waals surface area (Å²) in [6, 6.07) is 3.20. The fourth-order valence-corrected chi connectivity index (χ4v) is 2.32. The van der Waals surface area contributed by atoms with Crippen molar-refractivity contribution in [3.63, 3.8) is 0 Å². The third-order valence-electron chi connectivity index (χ3n) is 2.72. The second-order valence-corrected chi connectivity index (χ2v) is 5.71. The normalized spacial score (nSPS) is 11.3. The zero-order chi connectivity index (χ0) is 15.6. The van der Waals surface area contributed by atoms with E-state index < -0.39 is 19.8 Å². The topological polar surface area (TPSA) is 130 Å². The van der Waals surface area contributed by atoms with E-state index in [2.05, 4.69) is 4.98 Å². The Morgan fingerprint density at radius 2 is 2.19 bits per heavy atom. The van der Waals surface area contributed by atoms with Crippen molar-refractivity contribution in [3.8, 4) is 5.75 Å². The molecule has 9 nitrogen and oxygen atoms in total. The van der Waals surface area contributed by atoms with Gasteiger partial charge in [-0.3, -0.25) is 10.1 Å². The standard InChI is InChI=1S/C11H12N4O5S/c1-14-5-4-13-11(14)7-20-9-3-2-8(15(16)17)6-10(9)21(12,18)19/h2-6H,7H2,1H3,(H2,12,18,19). The number of benzene rings is 1. The number of rotatable bonds is 5. The first kappa shape index (κ1) is 14.9. The Morgan fingerprint density at radius 1 is 1.48 bits per heavy atom. The maximum atomic E-state index is 11.5. The Kier molecular flexibility index (Phi) is 3.91. The SMILES string of the molecule is Cn1ccnc1COc1ccc([N+](=O)[O-])cc1S(N)(=O)=O. The largest absolute Gasteiger partial charge is 0.484 e. The van der Waals surface area contributed by atoms with Crippen LogP contribution < -0.4 is 9.88 Å². The highest BCUT2D eigenvalue weighted by Gasteiger charge is 2.20. The number of nitrogens with zero attached hydrogens (tertiary/aromatic N) is 3. The molecule has 0 bridgehead atoms. The molecule has 0 saturated heterocycles. The van der Waals surface area contributed by atoms with Gasteiger partial charge in [0.1, 0.15) is 23.1 Å². The number of aryl methyl sites for hydroxylation is 1. The Morgan fingerprint density at radius 3 is 2.71 bits per heavy atom. The molecule has 112 valence electrons. The Hall–Kier alpha value is -2.46. The number of nitro groups is 1. The minimum atomic E-state index is -4.15. The molecule has 2 N–H and O–H groups in total. The van der Waals surface area contributed by atoms with Crippen LogP contribution in [0.4, 0.5) is 5.69 Å². The summed E-state index contributed by atoms with van der Waals surface area (Å²) in [6.07, 6.45) is 3.27. The van der Waals surface area contributed by atoms with Gasteiger partial charge in [-0.2, -0.15) is 0 Å². The highest BCUT2D eigenvalue weighted by Crippen LogP contribution is 2.28. The number of nitrogens with two attached hydrogens (primary N) is 1. The monoisotopic (exact) mass is 312 g/mol. The molecule has 2 rings (SSSR count). The number of sulfonamides is 1. The van der Waals surface area contributed by atoms with E-state index in [1.807, 2.05) is 0 Å². The van der Waals surface area contributed by atoms with Gasteiger partial charge in [-0.1, -0.05) is 0 Å². The summed E-state index contributed by atoms with van der Waals surface area (Å²) < 4.78 is 30.1. The molecule has 0 unspecified atom stereocenters. The number of primary sulfonamides is 1. The molecule has 0 fully saturated rings. The van der Waals surface area contributed by atoms with E-state index in [0.29, 0.717) is 5.82 Å². The Balaban J connectivity index is 2.35. The van der Waals surface area contributed by atoms with Crippen LogP contribution in [-0.4, -0.2) is 22.9 Å². The first-order chi connectivity index (χ1) is 9.79. The molecule has 0 amide bonds. The minimum Gasteiger partial charge on any atom is -0.484 e. The predicted octanol–water partition coefficient (Wildman–Crippen LogP) is 0.555. The zero-order valence-corrected chi connectivity index (χ0v) is 11.8. The molecule has 2 aromatic rings. The van der Waals surface area contributed by atoms with Crippen LogP contribution in [0.2, 0.25) is 0 Å². The van der Waals surface area contributed by atoms with E-state index >= 15 is 0 Å². The summed E-state index contributed by atoms with van der Waals surface area (Å²) in [4.78, 5) is 13.6. The quantitative estimate of drug-likeness (QED) is 0.634. The molecule has 0 atom stereocenters. The minimum absolute atomic E-state index is 0.00380. The summed E-state index contributed by atoms with van der Waals surface area (Å²) in [5, 5.41) is 15.8. The first-order valence-corrected chi connectivity index (χ1v) is 7.24. The van der Waals surface area contributed by atoms with Gasteiger partial charge < -0.3 is 9.30 Å². The molecule has 10 heteroatoms. The third-order valence-corrected chi connectivity index (χ3v) is 3.65. The lowest BCUT2D eigenvalue weighted by Gasteiger charge is -2.10. The molecule has 1 heterocycles. The highest BCUT2D eigenvalue weighted by atomic mass is 32.2. The highest BCUT2D eigenvalue weighted by molar-refractivity contribution is 7.89. The van der Waals surface area contributed by atoms with E-state index in [9.17, 15) is 18.5 Å². The second kappa shape index (κ2) is 5.50. The van der Waals surface area contributed by atoms with Gasteiger partial charge in [-0.05, 0) is 6.07 Å². The van der Waals surface area contributed by atoms with Crippen LogP contribution in [0.25, 0.3) is 0 Å². The fraction of sp³-hybridized carbons (Fsp3) is 0.182. The summed E-state index contributed by atoms with van der Waals surface area (Å²) in [5.41, 5.74) is -0.386. The zero-order valence-electron chi connectivity index (χ0n) is 11.0. The molecule has 0 aliphatic heterocycles. The van der Waals surface area contributed by atoms with Crippen LogP contribution >= 0.6 is 0 Å². The van der Waals surface area contributed by atoms with Crippen LogP contribution in [-0.2, 0) is 23.7 Å². The number of non-ortho nitro benzene ring substituents is 1. The van der Waals surface area contributed by atoms with Crippen molar-refractivity contribution in [3.05, 3.63) is 46.5 Å². The van der Waals surface area contributed by atoms with Crippen LogP contribution in [0, 0.1) is 10.1 Å². The summed E-state index contributed by atoms with van der Waals surface area (Å²) in [6.45, 7) is 0.00380. The number of hydrogen-bond acceptors (Lipinski definition) is 6. The van der Waals surface area contributed by atoms with Crippen LogP contribution in [0.3, 0.4) is 0 Å². The van der Waals surface area contributed by atoms with E-state index in [4.69, 9.17) is 9.88 Å². The lowest BCUT2D eigenvalue weighted by atomic mass is 10.3. The average Bonchev–Trinajstić information content (AvgIpc) is 2.80. The maximum absolute atomic E-state index is 11.5. The molecule has 1 aromatic heterocycles. The lowest BCUT2D eigenvalue weighted by Crippen LogP contribution is -2.14. The summed E-state index contributed by atoms with van der Waals surface area (Å²) >= 11 is 0. The van der Waals surface area contributed by atoms with Crippen LogP contribution in [0.15, 0.2) is 35.5 Å². The number of ether oxygens (including phenoxy) is 1. The van der Waals surface area contributed by atoms with Crippen molar-refractivity contribution in [2.24, 2.45) is 12.2 Å². The molecule has 0 aliphatic carbocycles. The first-order valence-electron chi connectivity index (χ1n) is 5.69.